The number of unbranched alkanes of at least 4 members (excludes halogenated alkanes) is 2. The molecule has 0 spiro atoms. The van der Waals surface area contributed by atoms with Gasteiger partial charge in [0.15, 0.2) is 0 Å². The van der Waals surface area contributed by atoms with Gasteiger partial charge < -0.3 is 10.4 Å². The Morgan fingerprint density at radius 3 is 2.94 bits per heavy atom. The molecule has 1 amide bonds. The van der Waals surface area contributed by atoms with Crippen molar-refractivity contribution in [2.45, 2.75) is 58.0 Å². The van der Waals surface area contributed by atoms with Gasteiger partial charge in [-0.15, -0.1) is 0 Å². The van der Waals surface area contributed by atoms with E-state index in [1.165, 1.54) is 6.42 Å². The zero-order valence-electron chi connectivity index (χ0n) is 11.1. The van der Waals surface area contributed by atoms with E-state index in [1.807, 2.05) is 6.92 Å². The molecule has 1 fully saturated rings. The van der Waals surface area contributed by atoms with Crippen molar-refractivity contribution in [2.75, 3.05) is 19.7 Å². The Labute approximate surface area is 104 Å². The summed E-state index contributed by atoms with van der Waals surface area (Å²) in [7, 11) is 0. The Bertz CT molecular complexity index is 233. The lowest BCUT2D eigenvalue weighted by Crippen LogP contribution is -2.48. The van der Waals surface area contributed by atoms with Crippen LogP contribution in [0.1, 0.15) is 46.0 Å². The van der Waals surface area contributed by atoms with Crippen molar-refractivity contribution in [1.29, 1.82) is 0 Å². The zero-order valence-corrected chi connectivity index (χ0v) is 11.1. The summed E-state index contributed by atoms with van der Waals surface area (Å²) in [4.78, 5) is 14.0. The summed E-state index contributed by atoms with van der Waals surface area (Å²) in [5, 5.41) is 12.2. The molecule has 0 radical (unpaired) electrons. The Kier molecular flexibility index (Phi) is 6.52. The molecule has 1 rings (SSSR count). The molecular weight excluding hydrogens is 216 g/mol. The van der Waals surface area contributed by atoms with E-state index in [0.717, 1.165) is 38.8 Å². The van der Waals surface area contributed by atoms with Crippen molar-refractivity contribution < 1.29 is 9.90 Å². The summed E-state index contributed by atoms with van der Waals surface area (Å²) < 4.78 is 0. The third kappa shape index (κ3) is 4.28. The SMILES string of the molecule is CCCCCNC(=O)C(C)N1CCC[C@@H]1CO. The highest BCUT2D eigenvalue weighted by atomic mass is 16.3. The standard InChI is InChI=1S/C13H26N2O2/c1-3-4-5-8-14-13(17)11(2)15-9-6-7-12(15)10-16/h11-12,16H,3-10H2,1-2H3,(H,14,17)/t11?,12-/m1/s1. The fourth-order valence-electron chi connectivity index (χ4n) is 2.45. The van der Waals surface area contributed by atoms with Gasteiger partial charge in [0.05, 0.1) is 12.6 Å². The first-order chi connectivity index (χ1) is 8.20. The molecule has 17 heavy (non-hydrogen) atoms. The number of rotatable bonds is 7. The second-order valence-electron chi connectivity index (χ2n) is 4.89. The fraction of sp³-hybridized carbons (Fsp3) is 0.923. The summed E-state index contributed by atoms with van der Waals surface area (Å²) in [6, 6.07) is 0.0580. The van der Waals surface area contributed by atoms with E-state index < -0.39 is 0 Å². The van der Waals surface area contributed by atoms with Crippen molar-refractivity contribution in [2.24, 2.45) is 0 Å². The van der Waals surface area contributed by atoms with Gasteiger partial charge in [-0.1, -0.05) is 19.8 Å². The molecule has 0 aromatic carbocycles. The van der Waals surface area contributed by atoms with E-state index >= 15 is 0 Å². The molecule has 1 aliphatic heterocycles. The lowest BCUT2D eigenvalue weighted by atomic mass is 10.2. The lowest BCUT2D eigenvalue weighted by molar-refractivity contribution is -0.126. The van der Waals surface area contributed by atoms with Gasteiger partial charge in [-0.3, -0.25) is 9.69 Å². The monoisotopic (exact) mass is 242 g/mol. The van der Waals surface area contributed by atoms with Gasteiger partial charge in [0.2, 0.25) is 5.91 Å². The number of aliphatic hydroxyl groups is 1. The van der Waals surface area contributed by atoms with Crippen LogP contribution in [0.4, 0.5) is 0 Å². The Morgan fingerprint density at radius 1 is 1.53 bits per heavy atom. The normalized spacial score (nSPS) is 22.6. The number of hydrogen-bond acceptors (Lipinski definition) is 3. The summed E-state index contributed by atoms with van der Waals surface area (Å²) in [5.74, 6) is 0.0986. The molecule has 0 aromatic rings. The first kappa shape index (κ1) is 14.5. The van der Waals surface area contributed by atoms with E-state index in [0.29, 0.717) is 0 Å². The van der Waals surface area contributed by atoms with Crippen LogP contribution in [-0.2, 0) is 4.79 Å². The van der Waals surface area contributed by atoms with Crippen molar-refractivity contribution in [3.8, 4) is 0 Å². The van der Waals surface area contributed by atoms with Gasteiger partial charge in [-0.25, -0.2) is 0 Å². The molecule has 100 valence electrons. The van der Waals surface area contributed by atoms with Crippen LogP contribution in [0.3, 0.4) is 0 Å². The minimum atomic E-state index is -0.115. The maximum absolute atomic E-state index is 11.9. The predicted molar refractivity (Wildman–Crippen MR) is 68.8 cm³/mol. The van der Waals surface area contributed by atoms with Gasteiger partial charge in [-0.2, -0.15) is 0 Å². The molecule has 4 heteroatoms. The van der Waals surface area contributed by atoms with Gasteiger partial charge in [0.25, 0.3) is 0 Å². The van der Waals surface area contributed by atoms with Crippen LogP contribution in [0.15, 0.2) is 0 Å². The van der Waals surface area contributed by atoms with Crippen molar-refractivity contribution in [1.82, 2.24) is 10.2 Å². The van der Waals surface area contributed by atoms with Gasteiger partial charge >= 0.3 is 0 Å². The number of nitrogens with one attached hydrogen (secondary N) is 1. The highest BCUT2D eigenvalue weighted by Gasteiger charge is 2.31. The number of carbonyl (C=O) groups is 1. The minimum absolute atomic E-state index is 0.0986. The average molecular weight is 242 g/mol. The van der Waals surface area contributed by atoms with E-state index in [4.69, 9.17) is 0 Å². The van der Waals surface area contributed by atoms with Crippen molar-refractivity contribution >= 4 is 5.91 Å². The molecule has 1 saturated heterocycles. The fourth-order valence-corrected chi connectivity index (χ4v) is 2.45. The second kappa shape index (κ2) is 7.67. The third-order valence-corrected chi connectivity index (χ3v) is 3.59. The lowest BCUT2D eigenvalue weighted by Gasteiger charge is -2.28. The third-order valence-electron chi connectivity index (χ3n) is 3.59. The number of aliphatic hydroxyl groups excluding tert-OH is 1. The van der Waals surface area contributed by atoms with Crippen LogP contribution in [0.5, 0.6) is 0 Å². The van der Waals surface area contributed by atoms with E-state index in [2.05, 4.69) is 17.1 Å². The number of nitrogens with zero attached hydrogens (tertiary/aromatic N) is 1. The quantitative estimate of drug-likeness (QED) is 0.658. The summed E-state index contributed by atoms with van der Waals surface area (Å²) in [5.41, 5.74) is 0. The zero-order chi connectivity index (χ0) is 12.7. The van der Waals surface area contributed by atoms with E-state index in [1.54, 1.807) is 0 Å². The highest BCUT2D eigenvalue weighted by molar-refractivity contribution is 5.81. The molecule has 2 atom stereocenters. The molecule has 4 nitrogen and oxygen atoms in total. The molecule has 1 heterocycles. The average Bonchev–Trinajstić information content (AvgIpc) is 2.81. The van der Waals surface area contributed by atoms with Gasteiger partial charge in [0, 0.05) is 12.6 Å². The van der Waals surface area contributed by atoms with Crippen LogP contribution >= 0.6 is 0 Å². The second-order valence-corrected chi connectivity index (χ2v) is 4.89. The molecule has 0 saturated carbocycles. The molecule has 2 N–H and O–H groups in total. The topological polar surface area (TPSA) is 52.6 Å². The largest absolute Gasteiger partial charge is 0.395 e. The van der Waals surface area contributed by atoms with Crippen LogP contribution in [0.25, 0.3) is 0 Å². The maximum Gasteiger partial charge on any atom is 0.237 e. The van der Waals surface area contributed by atoms with Gasteiger partial charge in [-0.05, 0) is 32.7 Å². The summed E-state index contributed by atoms with van der Waals surface area (Å²) in [6.45, 7) is 5.94. The molecule has 0 aromatic heterocycles. The first-order valence-corrected chi connectivity index (χ1v) is 6.85. The smallest absolute Gasteiger partial charge is 0.237 e. The minimum Gasteiger partial charge on any atom is -0.395 e. The molecule has 1 unspecified atom stereocenters. The molecule has 0 bridgehead atoms. The van der Waals surface area contributed by atoms with E-state index in [9.17, 15) is 9.90 Å². The van der Waals surface area contributed by atoms with Crippen molar-refractivity contribution in [3.05, 3.63) is 0 Å². The summed E-state index contributed by atoms with van der Waals surface area (Å²) in [6.07, 6.45) is 5.48. The van der Waals surface area contributed by atoms with Crippen molar-refractivity contribution in [3.63, 3.8) is 0 Å². The van der Waals surface area contributed by atoms with Crippen LogP contribution in [0.2, 0.25) is 0 Å². The maximum atomic E-state index is 11.9. The highest BCUT2D eigenvalue weighted by Crippen LogP contribution is 2.19. The predicted octanol–water partition coefficient (Wildman–Crippen LogP) is 1.14. The Balaban J connectivity index is 2.30. The van der Waals surface area contributed by atoms with Crippen LogP contribution in [0, 0.1) is 0 Å². The van der Waals surface area contributed by atoms with Crippen LogP contribution < -0.4 is 5.32 Å². The molecular formula is C13H26N2O2. The number of amides is 1. The Hall–Kier alpha value is -0.610. The number of likely N-dealkylation sites (tertiary alicyclic amines) is 1. The number of hydrogen-bond donors (Lipinski definition) is 2. The van der Waals surface area contributed by atoms with Crippen LogP contribution in [-0.4, -0.2) is 47.7 Å². The van der Waals surface area contributed by atoms with Gasteiger partial charge in [0.1, 0.15) is 0 Å². The molecule has 1 aliphatic rings. The summed E-state index contributed by atoms with van der Waals surface area (Å²) >= 11 is 0. The number of carbonyl (C=O) groups excluding carboxylic acids is 1. The Morgan fingerprint density at radius 2 is 2.29 bits per heavy atom. The molecule has 0 aliphatic carbocycles. The van der Waals surface area contributed by atoms with E-state index in [-0.39, 0.29) is 24.6 Å². The first-order valence-electron chi connectivity index (χ1n) is 6.85.